The number of carbonyl (C=O) groups excluding carboxylic acids is 1. The molecule has 3 aromatic rings. The molecule has 0 bridgehead atoms. The SMILES string of the molecule is CCCOCCOCCOCCOCCNS(=O)(=O)c1ccc(Nc2ncc(Br)c(Nc3cccc(C)c3C(N)=O)n2)cc1. The number of nitrogens with one attached hydrogen (secondary N) is 3. The second kappa shape index (κ2) is 18.6. The molecule has 0 aliphatic heterocycles. The summed E-state index contributed by atoms with van der Waals surface area (Å²) < 4.78 is 50.0. The van der Waals surface area contributed by atoms with Crippen molar-refractivity contribution in [3.05, 3.63) is 64.3 Å². The lowest BCUT2D eigenvalue weighted by Gasteiger charge is -2.14. The van der Waals surface area contributed by atoms with Gasteiger partial charge in [0.25, 0.3) is 5.91 Å². The lowest BCUT2D eigenvalue weighted by molar-refractivity contribution is -0.00109. The van der Waals surface area contributed by atoms with Crippen molar-refractivity contribution in [1.29, 1.82) is 0 Å². The molecule has 5 N–H and O–H groups in total. The van der Waals surface area contributed by atoms with Gasteiger partial charge in [0.05, 0.1) is 66.9 Å². The highest BCUT2D eigenvalue weighted by Gasteiger charge is 2.15. The summed E-state index contributed by atoms with van der Waals surface area (Å²) in [5, 5.41) is 6.17. The van der Waals surface area contributed by atoms with Crippen LogP contribution in [0.1, 0.15) is 29.3 Å². The van der Waals surface area contributed by atoms with Gasteiger partial charge in [0, 0.05) is 25.0 Å². The zero-order valence-corrected chi connectivity index (χ0v) is 27.2. The molecule has 0 aliphatic rings. The van der Waals surface area contributed by atoms with Crippen molar-refractivity contribution in [1.82, 2.24) is 14.7 Å². The number of amides is 1. The number of nitrogens with two attached hydrogens (primary N) is 1. The molecule has 0 fully saturated rings. The Morgan fingerprint density at radius 2 is 1.50 bits per heavy atom. The molecule has 3 rings (SSSR count). The Hall–Kier alpha value is -3.18. The lowest BCUT2D eigenvalue weighted by atomic mass is 10.1. The van der Waals surface area contributed by atoms with Crippen molar-refractivity contribution >= 4 is 55.0 Å². The summed E-state index contributed by atoms with van der Waals surface area (Å²) in [7, 11) is -3.73. The summed E-state index contributed by atoms with van der Waals surface area (Å²) in [4.78, 5) is 20.8. The van der Waals surface area contributed by atoms with E-state index in [1.165, 1.54) is 12.1 Å². The smallest absolute Gasteiger partial charge is 0.251 e. The summed E-state index contributed by atoms with van der Waals surface area (Å²) in [5.74, 6) is 0.103. The molecule has 0 atom stereocenters. The molecular formula is C29H39BrN6O7S. The van der Waals surface area contributed by atoms with Crippen LogP contribution >= 0.6 is 15.9 Å². The summed E-state index contributed by atoms with van der Waals surface area (Å²) in [6.45, 7) is 7.67. The van der Waals surface area contributed by atoms with Crippen molar-refractivity contribution in [2.24, 2.45) is 5.73 Å². The maximum atomic E-state index is 12.7. The fourth-order valence-corrected chi connectivity index (χ4v) is 5.13. The van der Waals surface area contributed by atoms with Gasteiger partial charge in [-0.15, -0.1) is 0 Å². The van der Waals surface area contributed by atoms with Gasteiger partial charge in [-0.05, 0) is 65.2 Å². The standard InChI is InChI=1S/C29H39BrN6O7S/c1-3-12-40-14-16-42-18-19-43-17-15-41-13-11-33-44(38,39)23-9-7-22(8-10-23)34-29-32-20-24(30)28(36-29)35-25-6-4-5-21(2)26(25)27(31)37/h4-10,20,33H,3,11-19H2,1-2H3,(H2,31,37)(H2,32,34,35,36). The van der Waals surface area contributed by atoms with Crippen molar-refractivity contribution in [3.63, 3.8) is 0 Å². The Morgan fingerprint density at radius 1 is 0.886 bits per heavy atom. The second-order valence-electron chi connectivity index (χ2n) is 9.37. The lowest BCUT2D eigenvalue weighted by Crippen LogP contribution is -2.27. The van der Waals surface area contributed by atoms with Crippen LogP contribution in [0, 0.1) is 6.92 Å². The number of benzene rings is 2. The van der Waals surface area contributed by atoms with Gasteiger partial charge in [-0.3, -0.25) is 4.79 Å². The number of aryl methyl sites for hydroxylation is 1. The fraction of sp³-hybridized carbons (Fsp3) is 0.414. The summed E-state index contributed by atoms with van der Waals surface area (Å²) in [6.07, 6.45) is 2.54. The molecule has 0 saturated heterocycles. The molecule has 0 spiro atoms. The minimum atomic E-state index is -3.73. The molecule has 0 radical (unpaired) electrons. The van der Waals surface area contributed by atoms with Gasteiger partial charge in [-0.25, -0.2) is 18.1 Å². The minimum absolute atomic E-state index is 0.101. The molecule has 0 saturated carbocycles. The maximum absolute atomic E-state index is 12.7. The molecule has 1 amide bonds. The molecule has 0 unspecified atom stereocenters. The first-order chi connectivity index (χ1) is 21.2. The summed E-state index contributed by atoms with van der Waals surface area (Å²) in [6, 6.07) is 11.5. The van der Waals surface area contributed by atoms with E-state index >= 15 is 0 Å². The zero-order valence-electron chi connectivity index (χ0n) is 24.8. The van der Waals surface area contributed by atoms with Gasteiger partial charge in [-0.2, -0.15) is 4.98 Å². The number of carbonyl (C=O) groups is 1. The van der Waals surface area contributed by atoms with E-state index in [1.807, 2.05) is 0 Å². The largest absolute Gasteiger partial charge is 0.379 e. The first-order valence-electron chi connectivity index (χ1n) is 14.1. The van der Waals surface area contributed by atoms with Crippen LogP contribution < -0.4 is 21.1 Å². The van der Waals surface area contributed by atoms with E-state index in [0.29, 0.717) is 66.9 Å². The van der Waals surface area contributed by atoms with Gasteiger partial charge >= 0.3 is 0 Å². The third-order valence-corrected chi connectivity index (χ3v) is 8.00. The van der Waals surface area contributed by atoms with Crippen LogP contribution in [-0.2, 0) is 29.0 Å². The van der Waals surface area contributed by atoms with Crippen molar-refractivity contribution in [2.45, 2.75) is 25.2 Å². The Labute approximate surface area is 266 Å². The first kappa shape index (κ1) is 35.3. The third kappa shape index (κ3) is 11.7. The molecule has 1 aromatic heterocycles. The predicted octanol–water partition coefficient (Wildman–Crippen LogP) is 3.89. The molecule has 0 aliphatic carbocycles. The topological polar surface area (TPSA) is 176 Å². The average Bonchev–Trinajstić information content (AvgIpc) is 2.99. The van der Waals surface area contributed by atoms with Crippen molar-refractivity contribution in [3.8, 4) is 0 Å². The predicted molar refractivity (Wildman–Crippen MR) is 171 cm³/mol. The van der Waals surface area contributed by atoms with Crippen LogP contribution in [0.3, 0.4) is 0 Å². The number of ether oxygens (including phenoxy) is 4. The van der Waals surface area contributed by atoms with E-state index in [9.17, 15) is 13.2 Å². The highest BCUT2D eigenvalue weighted by molar-refractivity contribution is 9.10. The highest BCUT2D eigenvalue weighted by atomic mass is 79.9. The normalized spacial score (nSPS) is 11.4. The molecule has 13 nitrogen and oxygen atoms in total. The van der Waals surface area contributed by atoms with Gasteiger partial charge in [0.15, 0.2) is 0 Å². The minimum Gasteiger partial charge on any atom is -0.379 e. The first-order valence-corrected chi connectivity index (χ1v) is 16.4. The fourth-order valence-electron chi connectivity index (χ4n) is 3.83. The molecule has 15 heteroatoms. The second-order valence-corrected chi connectivity index (χ2v) is 12.0. The summed E-state index contributed by atoms with van der Waals surface area (Å²) >= 11 is 3.41. The van der Waals surface area contributed by atoms with Crippen LogP contribution in [0.15, 0.2) is 58.0 Å². The van der Waals surface area contributed by atoms with Gasteiger partial charge in [0.1, 0.15) is 5.82 Å². The highest BCUT2D eigenvalue weighted by Crippen LogP contribution is 2.28. The number of sulfonamides is 1. The Kier molecular flexibility index (Phi) is 14.9. The van der Waals surface area contributed by atoms with Crippen LogP contribution in [0.4, 0.5) is 23.1 Å². The van der Waals surface area contributed by atoms with E-state index in [-0.39, 0.29) is 24.0 Å². The molecule has 44 heavy (non-hydrogen) atoms. The quantitative estimate of drug-likeness (QED) is 0.119. The van der Waals surface area contributed by atoms with Crippen LogP contribution in [0.25, 0.3) is 0 Å². The van der Waals surface area contributed by atoms with Crippen molar-refractivity contribution < 1.29 is 32.2 Å². The van der Waals surface area contributed by atoms with E-state index in [4.69, 9.17) is 24.7 Å². The van der Waals surface area contributed by atoms with Crippen molar-refractivity contribution in [2.75, 3.05) is 70.0 Å². The molecule has 240 valence electrons. The Morgan fingerprint density at radius 3 is 2.11 bits per heavy atom. The van der Waals surface area contributed by atoms with Crippen LogP contribution in [-0.4, -0.2) is 83.7 Å². The number of anilines is 4. The van der Waals surface area contributed by atoms with Gasteiger partial charge in [-0.1, -0.05) is 19.1 Å². The molecule has 1 heterocycles. The Bertz CT molecular complexity index is 1440. The summed E-state index contributed by atoms with van der Waals surface area (Å²) in [5.41, 5.74) is 7.74. The zero-order chi connectivity index (χ0) is 31.8. The van der Waals surface area contributed by atoms with Gasteiger partial charge in [0.2, 0.25) is 16.0 Å². The maximum Gasteiger partial charge on any atom is 0.251 e. The third-order valence-electron chi connectivity index (χ3n) is 5.94. The average molecular weight is 696 g/mol. The molecular weight excluding hydrogens is 656 g/mol. The number of halogens is 1. The number of hydrogen-bond acceptors (Lipinski definition) is 11. The van der Waals surface area contributed by atoms with Crippen LogP contribution in [0.5, 0.6) is 0 Å². The van der Waals surface area contributed by atoms with E-state index < -0.39 is 15.9 Å². The van der Waals surface area contributed by atoms with Crippen LogP contribution in [0.2, 0.25) is 0 Å². The van der Waals surface area contributed by atoms with E-state index in [1.54, 1.807) is 43.5 Å². The number of aromatic nitrogens is 2. The Balaban J connectivity index is 1.41. The number of nitrogens with zero attached hydrogens (tertiary/aromatic N) is 2. The van der Waals surface area contributed by atoms with E-state index in [0.717, 1.165) is 18.6 Å². The van der Waals surface area contributed by atoms with E-state index in [2.05, 4.69) is 48.2 Å². The monoisotopic (exact) mass is 694 g/mol. The number of primary amides is 1. The number of rotatable bonds is 21. The number of hydrogen-bond donors (Lipinski definition) is 4. The molecule has 2 aromatic carbocycles. The van der Waals surface area contributed by atoms with Gasteiger partial charge < -0.3 is 35.3 Å².